The second kappa shape index (κ2) is 5.31. The lowest BCUT2D eigenvalue weighted by Crippen LogP contribution is -2.19. The molecule has 2 heterocycles. The average molecular weight is 268 g/mol. The van der Waals surface area contributed by atoms with Crippen molar-refractivity contribution in [1.82, 2.24) is 20.3 Å². The van der Waals surface area contributed by atoms with E-state index in [4.69, 9.17) is 0 Å². The SMILES string of the molecule is CNC(c1cncnc1)c1ccc(C(F)(F)F)cn1. The first-order valence-corrected chi connectivity index (χ1v) is 5.47. The smallest absolute Gasteiger partial charge is 0.308 e. The van der Waals surface area contributed by atoms with Crippen molar-refractivity contribution in [3.05, 3.63) is 53.9 Å². The minimum atomic E-state index is -4.38. The van der Waals surface area contributed by atoms with Crippen LogP contribution in [0.2, 0.25) is 0 Å². The fourth-order valence-electron chi connectivity index (χ4n) is 1.69. The monoisotopic (exact) mass is 268 g/mol. The number of pyridine rings is 1. The molecule has 19 heavy (non-hydrogen) atoms. The van der Waals surface area contributed by atoms with Gasteiger partial charge in [-0.3, -0.25) is 4.98 Å². The van der Waals surface area contributed by atoms with E-state index in [1.807, 2.05) is 0 Å². The lowest BCUT2D eigenvalue weighted by molar-refractivity contribution is -0.137. The Morgan fingerprint density at radius 3 is 2.26 bits per heavy atom. The molecular formula is C12H11F3N4. The summed E-state index contributed by atoms with van der Waals surface area (Å²) < 4.78 is 37.3. The molecule has 0 aliphatic rings. The van der Waals surface area contributed by atoms with E-state index in [1.54, 1.807) is 19.4 Å². The molecule has 0 aliphatic heterocycles. The molecule has 7 heteroatoms. The molecule has 0 spiro atoms. The van der Waals surface area contributed by atoms with Crippen LogP contribution in [0, 0.1) is 0 Å². The number of rotatable bonds is 3. The van der Waals surface area contributed by atoms with Gasteiger partial charge in [0.05, 0.1) is 17.3 Å². The van der Waals surface area contributed by atoms with E-state index in [9.17, 15) is 13.2 Å². The van der Waals surface area contributed by atoms with Gasteiger partial charge in [-0.1, -0.05) is 0 Å². The van der Waals surface area contributed by atoms with Crippen LogP contribution in [0.15, 0.2) is 37.1 Å². The zero-order chi connectivity index (χ0) is 13.9. The Morgan fingerprint density at radius 1 is 1.11 bits per heavy atom. The standard InChI is InChI=1S/C12H11F3N4/c1-16-11(8-4-17-7-18-5-8)10-3-2-9(6-19-10)12(13,14)15/h2-7,11,16H,1H3. The van der Waals surface area contributed by atoms with Gasteiger partial charge in [-0.05, 0) is 19.2 Å². The van der Waals surface area contributed by atoms with E-state index in [1.165, 1.54) is 12.4 Å². The van der Waals surface area contributed by atoms with Crippen molar-refractivity contribution in [3.8, 4) is 0 Å². The summed E-state index contributed by atoms with van der Waals surface area (Å²) in [4.78, 5) is 11.6. The molecule has 1 N–H and O–H groups in total. The van der Waals surface area contributed by atoms with E-state index in [0.717, 1.165) is 17.8 Å². The Balaban J connectivity index is 2.30. The second-order valence-electron chi connectivity index (χ2n) is 3.86. The molecule has 0 radical (unpaired) electrons. The summed E-state index contributed by atoms with van der Waals surface area (Å²) in [7, 11) is 1.69. The van der Waals surface area contributed by atoms with Crippen LogP contribution in [-0.2, 0) is 6.18 Å². The van der Waals surface area contributed by atoms with Gasteiger partial charge in [0.1, 0.15) is 6.33 Å². The molecule has 2 aromatic rings. The lowest BCUT2D eigenvalue weighted by atomic mass is 10.1. The van der Waals surface area contributed by atoms with Crippen LogP contribution in [-0.4, -0.2) is 22.0 Å². The summed E-state index contributed by atoms with van der Waals surface area (Å²) in [5.41, 5.74) is 0.443. The molecule has 0 bridgehead atoms. The highest BCUT2D eigenvalue weighted by atomic mass is 19.4. The van der Waals surface area contributed by atoms with Crippen molar-refractivity contribution < 1.29 is 13.2 Å². The Hall–Kier alpha value is -2.02. The largest absolute Gasteiger partial charge is 0.417 e. The maximum atomic E-state index is 12.4. The highest BCUT2D eigenvalue weighted by Crippen LogP contribution is 2.29. The van der Waals surface area contributed by atoms with Crippen LogP contribution in [0.4, 0.5) is 13.2 Å². The quantitative estimate of drug-likeness (QED) is 0.927. The zero-order valence-electron chi connectivity index (χ0n) is 10.0. The molecule has 4 nitrogen and oxygen atoms in total. The fourth-order valence-corrected chi connectivity index (χ4v) is 1.69. The Morgan fingerprint density at radius 2 is 1.79 bits per heavy atom. The fraction of sp³-hybridized carbons (Fsp3) is 0.250. The summed E-state index contributed by atoms with van der Waals surface area (Å²) in [6.07, 6.45) is 1.01. The van der Waals surface area contributed by atoms with Gasteiger partial charge < -0.3 is 5.32 Å². The third-order valence-electron chi connectivity index (χ3n) is 2.61. The third kappa shape index (κ3) is 3.05. The lowest BCUT2D eigenvalue weighted by Gasteiger charge is -2.16. The van der Waals surface area contributed by atoms with Gasteiger partial charge in [0.2, 0.25) is 0 Å². The highest BCUT2D eigenvalue weighted by Gasteiger charge is 2.31. The van der Waals surface area contributed by atoms with Gasteiger partial charge in [0.25, 0.3) is 0 Å². The molecule has 0 fully saturated rings. The number of aromatic nitrogens is 3. The molecule has 100 valence electrons. The molecular weight excluding hydrogens is 257 g/mol. The number of alkyl halides is 3. The van der Waals surface area contributed by atoms with Crippen molar-refractivity contribution in [2.24, 2.45) is 0 Å². The summed E-state index contributed by atoms with van der Waals surface area (Å²) in [5.74, 6) is 0. The van der Waals surface area contributed by atoms with Crippen LogP contribution in [0.5, 0.6) is 0 Å². The van der Waals surface area contributed by atoms with Crippen LogP contribution in [0.25, 0.3) is 0 Å². The van der Waals surface area contributed by atoms with Crippen molar-refractivity contribution in [1.29, 1.82) is 0 Å². The van der Waals surface area contributed by atoms with E-state index in [0.29, 0.717) is 5.69 Å². The maximum absolute atomic E-state index is 12.4. The van der Waals surface area contributed by atoms with Crippen molar-refractivity contribution in [3.63, 3.8) is 0 Å². The number of hydrogen-bond acceptors (Lipinski definition) is 4. The first-order valence-electron chi connectivity index (χ1n) is 5.47. The summed E-state index contributed by atoms with van der Waals surface area (Å²) >= 11 is 0. The van der Waals surface area contributed by atoms with E-state index in [-0.39, 0.29) is 6.04 Å². The first kappa shape index (κ1) is 13.4. The first-order chi connectivity index (χ1) is 9.02. The van der Waals surface area contributed by atoms with Gasteiger partial charge in [-0.2, -0.15) is 13.2 Å². The van der Waals surface area contributed by atoms with Crippen LogP contribution < -0.4 is 5.32 Å². The van der Waals surface area contributed by atoms with Gasteiger partial charge in [0.15, 0.2) is 0 Å². The predicted octanol–water partition coefficient (Wildman–Crippen LogP) is 2.20. The van der Waals surface area contributed by atoms with E-state index < -0.39 is 11.7 Å². The summed E-state index contributed by atoms with van der Waals surface area (Å²) in [6, 6.07) is 2.01. The van der Waals surface area contributed by atoms with Crippen LogP contribution in [0.3, 0.4) is 0 Å². The molecule has 0 saturated heterocycles. The van der Waals surface area contributed by atoms with Crippen LogP contribution >= 0.6 is 0 Å². The molecule has 0 saturated carbocycles. The number of halogens is 3. The normalized spacial score (nSPS) is 13.3. The summed E-state index contributed by atoms with van der Waals surface area (Å²) in [6.45, 7) is 0. The molecule has 2 rings (SSSR count). The second-order valence-corrected chi connectivity index (χ2v) is 3.86. The number of nitrogens with one attached hydrogen (secondary N) is 1. The highest BCUT2D eigenvalue weighted by molar-refractivity contribution is 5.26. The number of nitrogens with zero attached hydrogens (tertiary/aromatic N) is 3. The van der Waals surface area contributed by atoms with E-state index in [2.05, 4.69) is 20.3 Å². The molecule has 0 aliphatic carbocycles. The average Bonchev–Trinajstić information content (AvgIpc) is 2.40. The minimum Gasteiger partial charge on any atom is -0.308 e. The topological polar surface area (TPSA) is 50.7 Å². The van der Waals surface area contributed by atoms with Gasteiger partial charge in [-0.25, -0.2) is 9.97 Å². The Bertz CT molecular complexity index is 525. The molecule has 0 aromatic carbocycles. The molecule has 0 amide bonds. The Labute approximate surface area is 107 Å². The van der Waals surface area contributed by atoms with Crippen molar-refractivity contribution in [2.45, 2.75) is 12.2 Å². The van der Waals surface area contributed by atoms with Crippen LogP contribution in [0.1, 0.15) is 22.9 Å². The summed E-state index contributed by atoms with van der Waals surface area (Å²) in [5, 5.41) is 2.97. The van der Waals surface area contributed by atoms with Crippen molar-refractivity contribution >= 4 is 0 Å². The third-order valence-corrected chi connectivity index (χ3v) is 2.61. The molecule has 1 unspecified atom stereocenters. The number of hydrogen-bond donors (Lipinski definition) is 1. The predicted molar refractivity (Wildman–Crippen MR) is 62.2 cm³/mol. The van der Waals surface area contributed by atoms with Gasteiger partial charge in [0, 0.05) is 24.2 Å². The van der Waals surface area contributed by atoms with Gasteiger partial charge in [-0.15, -0.1) is 0 Å². The van der Waals surface area contributed by atoms with Gasteiger partial charge >= 0.3 is 6.18 Å². The zero-order valence-corrected chi connectivity index (χ0v) is 10.0. The van der Waals surface area contributed by atoms with Crippen molar-refractivity contribution in [2.75, 3.05) is 7.05 Å². The Kier molecular flexibility index (Phi) is 3.75. The molecule has 1 atom stereocenters. The minimum absolute atomic E-state index is 0.344. The van der Waals surface area contributed by atoms with E-state index >= 15 is 0 Å². The maximum Gasteiger partial charge on any atom is 0.417 e. The molecule has 2 aromatic heterocycles.